The van der Waals surface area contributed by atoms with Crippen LogP contribution in [0.25, 0.3) is 10.8 Å². The van der Waals surface area contributed by atoms with Gasteiger partial charge in [-0.05, 0) is 43.0 Å². The molecule has 5 nitrogen and oxygen atoms in total. The van der Waals surface area contributed by atoms with Gasteiger partial charge in [-0.3, -0.25) is 0 Å². The first-order valence-corrected chi connectivity index (χ1v) is 7.56. The second-order valence-electron chi connectivity index (χ2n) is 5.55. The second kappa shape index (κ2) is 5.41. The summed E-state index contributed by atoms with van der Waals surface area (Å²) in [6, 6.07) is 6.61. The average molecular weight is 285 g/mol. The summed E-state index contributed by atoms with van der Waals surface area (Å²) in [7, 11) is 0. The lowest BCUT2D eigenvalue weighted by atomic mass is 10.1. The van der Waals surface area contributed by atoms with Crippen molar-refractivity contribution in [3.63, 3.8) is 0 Å². The summed E-state index contributed by atoms with van der Waals surface area (Å²) in [4.78, 5) is 4.48. The van der Waals surface area contributed by atoms with Gasteiger partial charge in [0.1, 0.15) is 19.0 Å². The van der Waals surface area contributed by atoms with Gasteiger partial charge in [-0.25, -0.2) is 4.98 Å². The minimum absolute atomic E-state index is 0.541. The van der Waals surface area contributed by atoms with Crippen LogP contribution in [-0.4, -0.2) is 37.3 Å². The maximum atomic E-state index is 5.67. The smallest absolute Gasteiger partial charge is 0.162 e. The number of fused-ring (bicyclic) bond motifs is 2. The second-order valence-corrected chi connectivity index (χ2v) is 5.55. The molecule has 1 atom stereocenters. The molecule has 21 heavy (non-hydrogen) atoms. The summed E-state index contributed by atoms with van der Waals surface area (Å²) in [5.74, 6) is 2.55. The maximum absolute atomic E-state index is 5.67. The molecule has 110 valence electrons. The molecule has 2 aliphatic rings. The van der Waals surface area contributed by atoms with Gasteiger partial charge in [0, 0.05) is 24.2 Å². The molecular formula is C16H19N3O2. The molecule has 1 fully saturated rings. The number of nitrogens with one attached hydrogen (secondary N) is 2. The predicted molar refractivity (Wildman–Crippen MR) is 82.2 cm³/mol. The van der Waals surface area contributed by atoms with E-state index in [0.29, 0.717) is 19.3 Å². The maximum Gasteiger partial charge on any atom is 0.162 e. The number of rotatable bonds is 3. The fraction of sp³-hybridized carbons (Fsp3) is 0.438. The Morgan fingerprint density at radius 3 is 2.90 bits per heavy atom. The van der Waals surface area contributed by atoms with Crippen molar-refractivity contribution < 1.29 is 9.47 Å². The van der Waals surface area contributed by atoms with Gasteiger partial charge in [0.05, 0.1) is 0 Å². The molecule has 2 aromatic rings. The van der Waals surface area contributed by atoms with E-state index in [1.54, 1.807) is 0 Å². The zero-order chi connectivity index (χ0) is 14.1. The largest absolute Gasteiger partial charge is 0.486 e. The van der Waals surface area contributed by atoms with Crippen molar-refractivity contribution >= 4 is 16.6 Å². The lowest BCUT2D eigenvalue weighted by Gasteiger charge is -2.20. The van der Waals surface area contributed by atoms with Crippen molar-refractivity contribution in [1.82, 2.24) is 10.3 Å². The number of pyridine rings is 1. The van der Waals surface area contributed by atoms with Crippen LogP contribution in [0, 0.1) is 0 Å². The van der Waals surface area contributed by atoms with Crippen LogP contribution in [0.4, 0.5) is 5.82 Å². The number of aromatic nitrogens is 1. The average Bonchev–Trinajstić information content (AvgIpc) is 3.04. The summed E-state index contributed by atoms with van der Waals surface area (Å²) in [5.41, 5.74) is 0. The Morgan fingerprint density at radius 1 is 1.24 bits per heavy atom. The highest BCUT2D eigenvalue weighted by Gasteiger charge is 2.16. The van der Waals surface area contributed by atoms with Crippen LogP contribution < -0.4 is 20.1 Å². The number of benzene rings is 1. The fourth-order valence-electron chi connectivity index (χ4n) is 3.00. The number of hydrogen-bond acceptors (Lipinski definition) is 5. The molecule has 0 amide bonds. The molecule has 1 aromatic heterocycles. The fourth-order valence-corrected chi connectivity index (χ4v) is 3.00. The third-order valence-electron chi connectivity index (χ3n) is 4.11. The van der Waals surface area contributed by atoms with Crippen LogP contribution in [0.1, 0.15) is 12.8 Å². The normalized spacial score (nSPS) is 20.7. The number of nitrogens with zero attached hydrogens (tertiary/aromatic N) is 1. The van der Waals surface area contributed by atoms with Crippen LogP contribution in [0.3, 0.4) is 0 Å². The van der Waals surface area contributed by atoms with E-state index in [2.05, 4.69) is 15.6 Å². The molecule has 0 aliphatic carbocycles. The third-order valence-corrected chi connectivity index (χ3v) is 4.11. The molecule has 0 radical (unpaired) electrons. The molecular weight excluding hydrogens is 266 g/mol. The summed E-state index contributed by atoms with van der Waals surface area (Å²) in [6.45, 7) is 3.24. The van der Waals surface area contributed by atoms with Gasteiger partial charge in [-0.15, -0.1) is 0 Å². The van der Waals surface area contributed by atoms with Crippen LogP contribution in [-0.2, 0) is 0 Å². The van der Waals surface area contributed by atoms with E-state index < -0.39 is 0 Å². The van der Waals surface area contributed by atoms with Gasteiger partial charge >= 0.3 is 0 Å². The molecule has 1 unspecified atom stereocenters. The molecule has 2 N–H and O–H groups in total. The first kappa shape index (κ1) is 12.7. The van der Waals surface area contributed by atoms with Gasteiger partial charge < -0.3 is 20.1 Å². The van der Waals surface area contributed by atoms with Crippen molar-refractivity contribution in [1.29, 1.82) is 0 Å². The first-order valence-electron chi connectivity index (χ1n) is 7.56. The van der Waals surface area contributed by atoms with E-state index in [1.165, 1.54) is 12.8 Å². The number of hydrogen-bond donors (Lipinski definition) is 2. The zero-order valence-electron chi connectivity index (χ0n) is 11.9. The van der Waals surface area contributed by atoms with Gasteiger partial charge in [-0.1, -0.05) is 0 Å². The van der Waals surface area contributed by atoms with E-state index in [-0.39, 0.29) is 0 Å². The molecule has 0 saturated carbocycles. The van der Waals surface area contributed by atoms with Crippen LogP contribution in [0.5, 0.6) is 11.5 Å². The highest BCUT2D eigenvalue weighted by Crippen LogP contribution is 2.36. The number of ether oxygens (including phenoxy) is 2. The van der Waals surface area contributed by atoms with Crippen LogP contribution >= 0.6 is 0 Å². The van der Waals surface area contributed by atoms with E-state index in [9.17, 15) is 0 Å². The quantitative estimate of drug-likeness (QED) is 0.905. The Morgan fingerprint density at radius 2 is 2.10 bits per heavy atom. The molecule has 0 bridgehead atoms. The highest BCUT2D eigenvalue weighted by molar-refractivity contribution is 5.94. The molecule has 2 aliphatic heterocycles. The first-order chi connectivity index (χ1) is 10.4. The summed E-state index contributed by atoms with van der Waals surface area (Å²) >= 11 is 0. The number of anilines is 1. The summed E-state index contributed by atoms with van der Waals surface area (Å²) in [6.07, 6.45) is 4.32. The molecule has 1 saturated heterocycles. The van der Waals surface area contributed by atoms with Gasteiger partial charge in [-0.2, -0.15) is 0 Å². The Kier molecular flexibility index (Phi) is 3.27. The van der Waals surface area contributed by atoms with Crippen molar-refractivity contribution in [3.8, 4) is 11.5 Å². The monoisotopic (exact) mass is 285 g/mol. The molecule has 5 heteroatoms. The predicted octanol–water partition coefficient (Wildman–Crippen LogP) is 2.17. The standard InChI is InChI=1S/C16H19N3O2/c1-2-12(17-4-1)10-19-16-13-9-15-14(20-6-7-21-15)8-11(13)3-5-18-16/h3,5,8-9,12,17H,1-2,4,6-7,10H2,(H,18,19). The topological polar surface area (TPSA) is 55.4 Å². The van der Waals surface area contributed by atoms with Gasteiger partial charge in [0.15, 0.2) is 11.5 Å². The molecule has 3 heterocycles. The lowest BCUT2D eigenvalue weighted by Crippen LogP contribution is -2.29. The van der Waals surface area contributed by atoms with E-state index in [1.807, 2.05) is 24.4 Å². The minimum Gasteiger partial charge on any atom is -0.486 e. The molecule has 1 aromatic carbocycles. The van der Waals surface area contributed by atoms with Crippen LogP contribution in [0.15, 0.2) is 24.4 Å². The molecule has 0 spiro atoms. The Hall–Kier alpha value is -2.01. The Bertz CT molecular complexity index is 653. The third kappa shape index (κ3) is 2.49. The Balaban J connectivity index is 1.64. The Labute approximate surface area is 123 Å². The lowest BCUT2D eigenvalue weighted by molar-refractivity contribution is 0.172. The van der Waals surface area contributed by atoms with E-state index in [0.717, 1.165) is 41.2 Å². The van der Waals surface area contributed by atoms with Gasteiger partial charge in [0.25, 0.3) is 0 Å². The summed E-state index contributed by atoms with van der Waals surface area (Å²) < 4.78 is 11.3. The van der Waals surface area contributed by atoms with E-state index in [4.69, 9.17) is 9.47 Å². The van der Waals surface area contributed by atoms with E-state index >= 15 is 0 Å². The van der Waals surface area contributed by atoms with Crippen molar-refractivity contribution in [3.05, 3.63) is 24.4 Å². The van der Waals surface area contributed by atoms with Crippen molar-refractivity contribution in [2.75, 3.05) is 31.6 Å². The molecule has 4 rings (SSSR count). The van der Waals surface area contributed by atoms with Gasteiger partial charge in [0.2, 0.25) is 0 Å². The summed E-state index contributed by atoms with van der Waals surface area (Å²) in [5, 5.41) is 9.16. The van der Waals surface area contributed by atoms with Crippen molar-refractivity contribution in [2.24, 2.45) is 0 Å². The minimum atomic E-state index is 0.541. The SMILES string of the molecule is c1cc2cc3c(cc2c(NCC2CCCN2)n1)OCCO3. The zero-order valence-corrected chi connectivity index (χ0v) is 11.9. The van der Waals surface area contributed by atoms with Crippen molar-refractivity contribution in [2.45, 2.75) is 18.9 Å². The van der Waals surface area contributed by atoms with Crippen LogP contribution in [0.2, 0.25) is 0 Å². The highest BCUT2D eigenvalue weighted by atomic mass is 16.6.